The number of fused-ring (bicyclic) bond motifs is 1. The second kappa shape index (κ2) is 10.7. The normalized spacial score (nSPS) is 13.7. The highest BCUT2D eigenvalue weighted by atomic mass is 35.5. The van der Waals surface area contributed by atoms with E-state index in [-0.39, 0.29) is 35.5 Å². The summed E-state index contributed by atoms with van der Waals surface area (Å²) in [5.74, 6) is -0.289. The first-order chi connectivity index (χ1) is 16.9. The molecule has 2 N–H and O–H groups in total. The Morgan fingerprint density at radius 2 is 1.75 bits per heavy atom. The molecule has 0 amide bonds. The molecule has 0 unspecified atom stereocenters. The molecule has 0 saturated carbocycles. The van der Waals surface area contributed by atoms with Gasteiger partial charge in [0.2, 0.25) is 5.95 Å². The van der Waals surface area contributed by atoms with Crippen molar-refractivity contribution >= 4 is 40.8 Å². The van der Waals surface area contributed by atoms with Gasteiger partial charge in [0.1, 0.15) is 22.8 Å². The maximum Gasteiger partial charge on any atom is 0.229 e. The minimum absolute atomic E-state index is 0. The Bertz CT molecular complexity index is 1370. The highest BCUT2D eigenvalue weighted by Gasteiger charge is 2.17. The van der Waals surface area contributed by atoms with Crippen LogP contribution >= 0.6 is 12.4 Å². The molecule has 188 valence electrons. The fraction of sp³-hybridized carbons (Fsp3) is 0.308. The molecule has 1 aliphatic rings. The molecule has 0 bridgehead atoms. The van der Waals surface area contributed by atoms with E-state index in [1.165, 1.54) is 6.07 Å². The lowest BCUT2D eigenvalue weighted by Crippen LogP contribution is -2.43. The van der Waals surface area contributed by atoms with E-state index in [2.05, 4.69) is 35.5 Å². The molecule has 0 aliphatic carbocycles. The number of piperazine rings is 1. The number of nitrogens with one attached hydrogen (secondary N) is 2. The Morgan fingerprint density at radius 1 is 0.972 bits per heavy atom. The average Bonchev–Trinajstić information content (AvgIpc) is 2.86. The van der Waals surface area contributed by atoms with Crippen molar-refractivity contribution in [3.63, 3.8) is 0 Å². The van der Waals surface area contributed by atoms with Crippen LogP contribution in [0.15, 0.2) is 42.7 Å². The zero-order chi connectivity index (χ0) is 24.5. The van der Waals surface area contributed by atoms with Gasteiger partial charge in [-0.15, -0.1) is 12.4 Å². The van der Waals surface area contributed by atoms with Crippen LogP contribution in [0.3, 0.4) is 0 Å². The van der Waals surface area contributed by atoms with Crippen molar-refractivity contribution < 1.29 is 8.78 Å². The first kappa shape index (κ1) is 25.7. The standard InChI is InChI=1S/C26H27F2N7.ClH/c1-15(2)19-10-16(3)32-25-20(19)11-17(12-21(25)27)24-22(28)14-31-26(34-24)33-23-5-4-18(13-30-23)35-8-6-29-7-9-35;/h4-5,10-15,29H,6-9H2,1-3H3,(H,30,31,33,34);1H. The number of nitrogens with zero attached hydrogens (tertiary/aromatic N) is 5. The van der Waals surface area contributed by atoms with Gasteiger partial charge < -0.3 is 15.5 Å². The van der Waals surface area contributed by atoms with E-state index in [0.717, 1.165) is 49.3 Å². The number of aromatic nitrogens is 4. The first-order valence-corrected chi connectivity index (χ1v) is 11.7. The van der Waals surface area contributed by atoms with Crippen molar-refractivity contribution in [2.75, 3.05) is 36.4 Å². The van der Waals surface area contributed by atoms with Gasteiger partial charge in [-0.1, -0.05) is 13.8 Å². The van der Waals surface area contributed by atoms with Crippen LogP contribution in [0.5, 0.6) is 0 Å². The van der Waals surface area contributed by atoms with Crippen LogP contribution in [-0.2, 0) is 0 Å². The average molecular weight is 512 g/mol. The Morgan fingerprint density at radius 3 is 2.44 bits per heavy atom. The van der Waals surface area contributed by atoms with Crippen LogP contribution in [0.1, 0.15) is 31.0 Å². The molecular formula is C26H28ClF2N7. The molecular weight excluding hydrogens is 484 g/mol. The molecule has 0 spiro atoms. The van der Waals surface area contributed by atoms with Gasteiger partial charge in [-0.3, -0.25) is 4.98 Å². The maximum absolute atomic E-state index is 15.1. The summed E-state index contributed by atoms with van der Waals surface area (Å²) in [4.78, 5) is 19.5. The monoisotopic (exact) mass is 511 g/mol. The van der Waals surface area contributed by atoms with Gasteiger partial charge in [-0.05, 0) is 48.7 Å². The number of benzene rings is 1. The lowest BCUT2D eigenvalue weighted by molar-refractivity contribution is 0.589. The highest BCUT2D eigenvalue weighted by Crippen LogP contribution is 2.32. The molecule has 1 aliphatic heterocycles. The van der Waals surface area contributed by atoms with Crippen molar-refractivity contribution in [2.45, 2.75) is 26.7 Å². The summed E-state index contributed by atoms with van der Waals surface area (Å²) in [5.41, 5.74) is 3.34. The zero-order valence-corrected chi connectivity index (χ0v) is 21.2. The van der Waals surface area contributed by atoms with E-state index < -0.39 is 11.6 Å². The molecule has 36 heavy (non-hydrogen) atoms. The Hall–Kier alpha value is -3.43. The SMILES string of the molecule is Cc1cc(C(C)C)c2cc(-c3nc(Nc4ccc(N5CCNCC5)cn4)ncc3F)cc(F)c2n1.Cl. The van der Waals surface area contributed by atoms with Crippen molar-refractivity contribution in [3.05, 3.63) is 65.6 Å². The molecule has 0 radical (unpaired) electrons. The lowest BCUT2D eigenvalue weighted by atomic mass is 9.95. The number of pyridine rings is 2. The summed E-state index contributed by atoms with van der Waals surface area (Å²) in [6.45, 7) is 9.64. The number of hydrogen-bond donors (Lipinski definition) is 2. The number of anilines is 3. The Labute approximate surface area is 214 Å². The van der Waals surface area contributed by atoms with Crippen LogP contribution in [-0.4, -0.2) is 46.1 Å². The van der Waals surface area contributed by atoms with E-state index in [0.29, 0.717) is 16.8 Å². The van der Waals surface area contributed by atoms with Crippen molar-refractivity contribution in [1.82, 2.24) is 25.3 Å². The quantitative estimate of drug-likeness (QED) is 0.373. The van der Waals surface area contributed by atoms with E-state index in [1.54, 1.807) is 12.3 Å². The fourth-order valence-corrected chi connectivity index (χ4v) is 4.37. The largest absolute Gasteiger partial charge is 0.368 e. The summed E-state index contributed by atoms with van der Waals surface area (Å²) in [6, 6.07) is 8.77. The van der Waals surface area contributed by atoms with Gasteiger partial charge in [0.15, 0.2) is 5.82 Å². The maximum atomic E-state index is 15.1. The number of aryl methyl sites for hydroxylation is 1. The fourth-order valence-electron chi connectivity index (χ4n) is 4.37. The van der Waals surface area contributed by atoms with E-state index in [1.807, 2.05) is 39.0 Å². The molecule has 1 fully saturated rings. The Kier molecular flexibility index (Phi) is 7.61. The third kappa shape index (κ3) is 5.22. The number of halogens is 3. The zero-order valence-electron chi connectivity index (χ0n) is 20.3. The van der Waals surface area contributed by atoms with E-state index >= 15 is 4.39 Å². The molecule has 1 saturated heterocycles. The summed E-state index contributed by atoms with van der Waals surface area (Å²) < 4.78 is 29.9. The number of hydrogen-bond acceptors (Lipinski definition) is 7. The molecule has 4 aromatic rings. The molecule has 10 heteroatoms. The van der Waals surface area contributed by atoms with E-state index in [4.69, 9.17) is 0 Å². The third-order valence-electron chi connectivity index (χ3n) is 6.14. The van der Waals surface area contributed by atoms with Crippen LogP contribution < -0.4 is 15.5 Å². The second-order valence-electron chi connectivity index (χ2n) is 9.02. The highest BCUT2D eigenvalue weighted by molar-refractivity contribution is 5.88. The molecule has 0 atom stereocenters. The Balaban J connectivity index is 0.00000304. The van der Waals surface area contributed by atoms with Gasteiger partial charge in [-0.25, -0.2) is 23.7 Å². The smallest absolute Gasteiger partial charge is 0.229 e. The number of rotatable bonds is 5. The topological polar surface area (TPSA) is 78.9 Å². The minimum Gasteiger partial charge on any atom is -0.368 e. The van der Waals surface area contributed by atoms with Gasteiger partial charge in [0.05, 0.1) is 18.1 Å². The lowest BCUT2D eigenvalue weighted by Gasteiger charge is -2.29. The summed E-state index contributed by atoms with van der Waals surface area (Å²) in [5, 5.41) is 7.00. The van der Waals surface area contributed by atoms with Gasteiger partial charge in [-0.2, -0.15) is 0 Å². The van der Waals surface area contributed by atoms with Gasteiger partial charge >= 0.3 is 0 Å². The minimum atomic E-state index is -0.637. The van der Waals surface area contributed by atoms with Gasteiger partial charge in [0.25, 0.3) is 0 Å². The predicted molar refractivity (Wildman–Crippen MR) is 141 cm³/mol. The van der Waals surface area contributed by atoms with E-state index in [9.17, 15) is 4.39 Å². The van der Waals surface area contributed by atoms with Crippen molar-refractivity contribution in [2.24, 2.45) is 0 Å². The molecule has 5 rings (SSSR count). The molecule has 4 heterocycles. The molecule has 3 aromatic heterocycles. The van der Waals surface area contributed by atoms with Crippen LogP contribution in [0.4, 0.5) is 26.2 Å². The van der Waals surface area contributed by atoms with Crippen LogP contribution in [0.2, 0.25) is 0 Å². The van der Waals surface area contributed by atoms with Gasteiger partial charge in [0, 0.05) is 42.8 Å². The van der Waals surface area contributed by atoms with Crippen molar-refractivity contribution in [1.29, 1.82) is 0 Å². The van der Waals surface area contributed by atoms with Crippen LogP contribution in [0, 0.1) is 18.6 Å². The second-order valence-corrected chi connectivity index (χ2v) is 9.02. The van der Waals surface area contributed by atoms with Crippen LogP contribution in [0.25, 0.3) is 22.2 Å². The molecule has 7 nitrogen and oxygen atoms in total. The summed E-state index contributed by atoms with van der Waals surface area (Å²) in [6.07, 6.45) is 2.87. The molecule has 1 aromatic carbocycles. The van der Waals surface area contributed by atoms with Crippen molar-refractivity contribution in [3.8, 4) is 11.3 Å². The predicted octanol–water partition coefficient (Wildman–Crippen LogP) is 5.37. The summed E-state index contributed by atoms with van der Waals surface area (Å²) >= 11 is 0. The third-order valence-corrected chi connectivity index (χ3v) is 6.14. The first-order valence-electron chi connectivity index (χ1n) is 11.7. The summed E-state index contributed by atoms with van der Waals surface area (Å²) in [7, 11) is 0.